The number of amides is 1. The molecule has 0 bridgehead atoms. The van der Waals surface area contributed by atoms with Crippen LogP contribution in [0.1, 0.15) is 40.9 Å². The van der Waals surface area contributed by atoms with Crippen molar-refractivity contribution in [2.75, 3.05) is 23.7 Å². The fraction of sp³-hybridized carbons (Fsp3) is 0.192. The molecule has 4 rings (SSSR count). The highest BCUT2D eigenvalue weighted by molar-refractivity contribution is 6.37. The molecular formula is C26H26N4O3. The second-order valence-corrected chi connectivity index (χ2v) is 7.79. The average Bonchev–Trinajstić information content (AvgIpc) is 3.17. The van der Waals surface area contributed by atoms with Crippen molar-refractivity contribution in [3.05, 3.63) is 89.2 Å². The number of aromatic nitrogens is 1. The van der Waals surface area contributed by atoms with Crippen LogP contribution in [0.4, 0.5) is 11.4 Å². The summed E-state index contributed by atoms with van der Waals surface area (Å²) in [6.07, 6.45) is 3.32. The topological polar surface area (TPSA) is 94.6 Å². The maximum Gasteiger partial charge on any atom is 0.335 e. The van der Waals surface area contributed by atoms with Crippen LogP contribution in [0.2, 0.25) is 0 Å². The maximum atomic E-state index is 13.0. The molecule has 0 atom stereocenters. The lowest BCUT2D eigenvalue weighted by Crippen LogP contribution is -2.22. The summed E-state index contributed by atoms with van der Waals surface area (Å²) < 4.78 is 0. The molecule has 1 aliphatic heterocycles. The van der Waals surface area contributed by atoms with Crippen molar-refractivity contribution in [3.8, 4) is 0 Å². The van der Waals surface area contributed by atoms with Crippen LogP contribution < -0.4 is 10.6 Å². The molecule has 2 heterocycles. The van der Waals surface area contributed by atoms with Gasteiger partial charge in [-0.2, -0.15) is 0 Å². The zero-order valence-corrected chi connectivity index (χ0v) is 18.6. The number of carbonyl (C=O) groups is 2. The van der Waals surface area contributed by atoms with Crippen molar-refractivity contribution < 1.29 is 14.7 Å². The predicted octanol–water partition coefficient (Wildman–Crippen LogP) is 4.55. The zero-order chi connectivity index (χ0) is 23.4. The van der Waals surface area contributed by atoms with E-state index in [9.17, 15) is 14.7 Å². The van der Waals surface area contributed by atoms with Crippen LogP contribution in [0, 0.1) is 0 Å². The fourth-order valence-electron chi connectivity index (χ4n) is 3.89. The molecule has 0 fully saturated rings. The van der Waals surface area contributed by atoms with E-state index in [0.29, 0.717) is 22.5 Å². The van der Waals surface area contributed by atoms with Crippen LogP contribution in [0.15, 0.2) is 67.0 Å². The van der Waals surface area contributed by atoms with E-state index in [-0.39, 0.29) is 11.5 Å². The number of pyridine rings is 1. The van der Waals surface area contributed by atoms with Gasteiger partial charge in [0.1, 0.15) is 0 Å². The first-order valence-corrected chi connectivity index (χ1v) is 10.9. The number of hydrogen-bond donors (Lipinski definition) is 3. The standard InChI is InChI=1S/C26H26N4O3/c1-3-30(4-2)16-17-5-8-20(9-6-17)28-24(18-11-13-27-14-12-18)23-21-15-19(26(32)33)7-10-22(21)29-25(23)31/h5-15,28H,3-4,16H2,1-2H3,(H,29,31)(H,32,33). The first kappa shape index (κ1) is 22.2. The Balaban J connectivity index is 1.75. The van der Waals surface area contributed by atoms with Crippen LogP contribution in [0.3, 0.4) is 0 Å². The van der Waals surface area contributed by atoms with Gasteiger partial charge in [-0.05, 0) is 61.1 Å². The first-order chi connectivity index (χ1) is 16.0. The number of hydrogen-bond acceptors (Lipinski definition) is 5. The van der Waals surface area contributed by atoms with Gasteiger partial charge in [0, 0.05) is 41.4 Å². The summed E-state index contributed by atoms with van der Waals surface area (Å²) in [5.41, 5.74) is 5.05. The molecule has 2 aromatic carbocycles. The highest BCUT2D eigenvalue weighted by Gasteiger charge is 2.29. The molecule has 33 heavy (non-hydrogen) atoms. The first-order valence-electron chi connectivity index (χ1n) is 10.9. The Morgan fingerprint density at radius 1 is 1.00 bits per heavy atom. The van der Waals surface area contributed by atoms with Gasteiger partial charge in [0.2, 0.25) is 0 Å². The molecular weight excluding hydrogens is 416 g/mol. The third-order valence-electron chi connectivity index (χ3n) is 5.75. The minimum atomic E-state index is -1.04. The second-order valence-electron chi connectivity index (χ2n) is 7.79. The Labute approximate surface area is 192 Å². The number of anilines is 2. The molecule has 0 aliphatic carbocycles. The van der Waals surface area contributed by atoms with E-state index in [1.807, 2.05) is 24.3 Å². The number of carbonyl (C=O) groups excluding carboxylic acids is 1. The molecule has 0 saturated carbocycles. The smallest absolute Gasteiger partial charge is 0.335 e. The van der Waals surface area contributed by atoms with Crippen LogP contribution in [-0.2, 0) is 11.3 Å². The van der Waals surface area contributed by atoms with Gasteiger partial charge in [-0.1, -0.05) is 26.0 Å². The van der Waals surface area contributed by atoms with Crippen LogP contribution in [-0.4, -0.2) is 40.0 Å². The van der Waals surface area contributed by atoms with Gasteiger partial charge in [-0.3, -0.25) is 14.7 Å². The van der Waals surface area contributed by atoms with Crippen LogP contribution in [0.25, 0.3) is 11.3 Å². The highest BCUT2D eigenvalue weighted by atomic mass is 16.4. The lowest BCUT2D eigenvalue weighted by atomic mass is 9.99. The molecule has 3 aromatic rings. The molecule has 0 radical (unpaired) electrons. The van der Waals surface area contributed by atoms with Crippen molar-refractivity contribution in [3.63, 3.8) is 0 Å². The Morgan fingerprint density at radius 3 is 2.33 bits per heavy atom. The van der Waals surface area contributed by atoms with Crippen molar-refractivity contribution in [1.82, 2.24) is 9.88 Å². The summed E-state index contributed by atoms with van der Waals surface area (Å²) >= 11 is 0. The predicted molar refractivity (Wildman–Crippen MR) is 130 cm³/mol. The molecule has 168 valence electrons. The van der Waals surface area contributed by atoms with E-state index in [0.717, 1.165) is 30.9 Å². The number of carboxylic acids is 1. The normalized spacial score (nSPS) is 14.1. The molecule has 0 saturated heterocycles. The van der Waals surface area contributed by atoms with Crippen LogP contribution >= 0.6 is 0 Å². The Kier molecular flexibility index (Phi) is 6.51. The van der Waals surface area contributed by atoms with E-state index in [4.69, 9.17) is 0 Å². The Morgan fingerprint density at radius 2 is 1.70 bits per heavy atom. The number of benzene rings is 2. The summed E-state index contributed by atoms with van der Waals surface area (Å²) in [5.74, 6) is -1.33. The quantitative estimate of drug-likeness (QED) is 0.443. The Hall–Kier alpha value is -3.97. The fourth-order valence-corrected chi connectivity index (χ4v) is 3.89. The largest absolute Gasteiger partial charge is 0.478 e. The van der Waals surface area contributed by atoms with Crippen molar-refractivity contribution in [1.29, 1.82) is 0 Å². The average molecular weight is 443 g/mol. The molecule has 1 aromatic heterocycles. The number of nitrogens with zero attached hydrogens (tertiary/aromatic N) is 2. The molecule has 0 unspecified atom stereocenters. The van der Waals surface area contributed by atoms with Gasteiger partial charge in [-0.25, -0.2) is 4.79 Å². The van der Waals surface area contributed by atoms with Crippen molar-refractivity contribution >= 4 is 34.5 Å². The summed E-state index contributed by atoms with van der Waals surface area (Å²) in [6.45, 7) is 7.14. The van der Waals surface area contributed by atoms with E-state index in [1.54, 1.807) is 18.5 Å². The number of fused-ring (bicyclic) bond motifs is 1. The van der Waals surface area contributed by atoms with Gasteiger partial charge in [0.15, 0.2) is 0 Å². The summed E-state index contributed by atoms with van der Waals surface area (Å²) in [5, 5.41) is 15.7. The number of carboxylic acid groups (broad SMARTS) is 1. The van der Waals surface area contributed by atoms with Gasteiger partial charge in [-0.15, -0.1) is 0 Å². The van der Waals surface area contributed by atoms with Crippen molar-refractivity contribution in [2.24, 2.45) is 0 Å². The van der Waals surface area contributed by atoms with Gasteiger partial charge >= 0.3 is 5.97 Å². The number of aromatic carboxylic acids is 1. The maximum absolute atomic E-state index is 13.0. The number of rotatable bonds is 8. The number of nitrogens with one attached hydrogen (secondary N) is 2. The van der Waals surface area contributed by atoms with Crippen molar-refractivity contribution in [2.45, 2.75) is 20.4 Å². The SMILES string of the molecule is CCN(CC)Cc1ccc(NC(=C2C(=O)Nc3ccc(C(=O)O)cc32)c2ccncc2)cc1. The molecule has 0 spiro atoms. The third kappa shape index (κ3) is 4.78. The van der Waals surface area contributed by atoms with E-state index in [2.05, 4.69) is 46.5 Å². The molecule has 7 heteroatoms. The van der Waals surface area contributed by atoms with Crippen LogP contribution in [0.5, 0.6) is 0 Å². The minimum Gasteiger partial charge on any atom is -0.478 e. The summed E-state index contributed by atoms with van der Waals surface area (Å²) in [7, 11) is 0. The summed E-state index contributed by atoms with van der Waals surface area (Å²) in [6, 6.07) is 16.4. The molecule has 7 nitrogen and oxygen atoms in total. The molecule has 1 amide bonds. The van der Waals surface area contributed by atoms with E-state index in [1.165, 1.54) is 17.7 Å². The van der Waals surface area contributed by atoms with Gasteiger partial charge in [0.05, 0.1) is 16.8 Å². The molecule has 1 aliphatic rings. The highest BCUT2D eigenvalue weighted by Crippen LogP contribution is 2.38. The van der Waals surface area contributed by atoms with E-state index >= 15 is 0 Å². The Bertz CT molecular complexity index is 1200. The molecule has 3 N–H and O–H groups in total. The third-order valence-corrected chi connectivity index (χ3v) is 5.75. The van der Waals surface area contributed by atoms with Gasteiger partial charge in [0.25, 0.3) is 5.91 Å². The summed E-state index contributed by atoms with van der Waals surface area (Å²) in [4.78, 5) is 30.9. The minimum absolute atomic E-state index is 0.123. The lowest BCUT2D eigenvalue weighted by Gasteiger charge is -2.19. The monoisotopic (exact) mass is 442 g/mol. The second kappa shape index (κ2) is 9.67. The van der Waals surface area contributed by atoms with E-state index < -0.39 is 5.97 Å². The lowest BCUT2D eigenvalue weighted by molar-refractivity contribution is -0.110. The zero-order valence-electron chi connectivity index (χ0n) is 18.6. The van der Waals surface area contributed by atoms with Gasteiger partial charge < -0.3 is 15.7 Å².